The maximum Gasteiger partial charge on any atom is 0.269 e. The molecular weight excluding hydrogens is 350 g/mol. The maximum atomic E-state index is 12.3. The largest absolute Gasteiger partial charge is 0.352 e. The van der Waals surface area contributed by atoms with E-state index in [1.807, 2.05) is 0 Å². The third-order valence-electron chi connectivity index (χ3n) is 3.55. The molecule has 150 valence electrons. The van der Waals surface area contributed by atoms with Gasteiger partial charge >= 0.3 is 0 Å². The number of nitrogens with zero attached hydrogens (tertiary/aromatic N) is 1. The smallest absolute Gasteiger partial charge is 0.269 e. The molecule has 1 aromatic heterocycles. The highest BCUT2D eigenvalue weighted by atomic mass is 16.2. The molecule has 0 unspecified atom stereocenters. The van der Waals surface area contributed by atoms with Gasteiger partial charge in [-0.2, -0.15) is 0 Å². The second kappa shape index (κ2) is 12.7. The van der Waals surface area contributed by atoms with Crippen LogP contribution in [0.1, 0.15) is 50.6 Å². The fourth-order valence-electron chi connectivity index (χ4n) is 2.09. The normalized spacial score (nSPS) is 10.3. The molecule has 1 aromatic rings. The number of carbonyl (C=O) groups is 3. The van der Waals surface area contributed by atoms with E-state index in [4.69, 9.17) is 17.2 Å². The number of amides is 3. The minimum Gasteiger partial charge on any atom is -0.352 e. The quantitative estimate of drug-likeness (QED) is 0.235. The summed E-state index contributed by atoms with van der Waals surface area (Å²) in [6, 6.07) is 2.71. The van der Waals surface area contributed by atoms with Crippen molar-refractivity contribution >= 4 is 17.7 Å². The van der Waals surface area contributed by atoms with Crippen molar-refractivity contribution in [3.8, 4) is 0 Å². The first-order valence-electron chi connectivity index (χ1n) is 9.00. The predicted molar refractivity (Wildman–Crippen MR) is 102 cm³/mol. The lowest BCUT2D eigenvalue weighted by atomic mass is 10.1. The third-order valence-corrected chi connectivity index (χ3v) is 3.55. The van der Waals surface area contributed by atoms with Crippen molar-refractivity contribution in [2.24, 2.45) is 17.2 Å². The summed E-state index contributed by atoms with van der Waals surface area (Å²) in [5.74, 6) is -1.36. The fourth-order valence-corrected chi connectivity index (χ4v) is 2.09. The standard InChI is InChI=1S/C17H29N7O3/c18-4-1-7-21-15(25)12-10-13(16(26)22-8-2-5-19)24-14(11-12)17(27)23-9-3-6-20/h10-11H,1-9,18-20H2,(H,21,25)(H,22,26)(H,23,27). The van der Waals surface area contributed by atoms with E-state index in [0.29, 0.717) is 58.5 Å². The molecule has 0 aliphatic heterocycles. The SMILES string of the molecule is NCCCNC(=O)c1cc(C(=O)NCCCN)nc(C(=O)NCCCN)c1. The summed E-state index contributed by atoms with van der Waals surface area (Å²) in [6.45, 7) is 2.47. The van der Waals surface area contributed by atoms with Gasteiger partial charge in [-0.3, -0.25) is 14.4 Å². The van der Waals surface area contributed by atoms with Gasteiger partial charge < -0.3 is 33.2 Å². The number of nitrogens with two attached hydrogens (primary N) is 3. The average Bonchev–Trinajstić information content (AvgIpc) is 2.67. The molecule has 0 aromatic carbocycles. The number of hydrogen-bond acceptors (Lipinski definition) is 7. The van der Waals surface area contributed by atoms with Crippen LogP contribution in [0.5, 0.6) is 0 Å². The van der Waals surface area contributed by atoms with E-state index in [1.165, 1.54) is 12.1 Å². The lowest BCUT2D eigenvalue weighted by Crippen LogP contribution is -2.31. The first-order chi connectivity index (χ1) is 13.0. The molecule has 0 spiro atoms. The van der Waals surface area contributed by atoms with Gasteiger partial charge in [-0.15, -0.1) is 0 Å². The number of rotatable bonds is 12. The minimum absolute atomic E-state index is 0.0116. The van der Waals surface area contributed by atoms with Crippen molar-refractivity contribution in [2.45, 2.75) is 19.3 Å². The van der Waals surface area contributed by atoms with Gasteiger partial charge in [0.15, 0.2) is 0 Å². The van der Waals surface area contributed by atoms with Crippen molar-refractivity contribution in [1.82, 2.24) is 20.9 Å². The molecule has 0 aliphatic carbocycles. The summed E-state index contributed by atoms with van der Waals surface area (Å²) < 4.78 is 0. The Balaban J connectivity index is 3.01. The van der Waals surface area contributed by atoms with Gasteiger partial charge in [-0.1, -0.05) is 0 Å². The second-order valence-electron chi connectivity index (χ2n) is 5.82. The number of nitrogens with one attached hydrogen (secondary N) is 3. The Morgan fingerprint density at radius 2 is 1.07 bits per heavy atom. The van der Waals surface area contributed by atoms with E-state index in [-0.39, 0.29) is 17.0 Å². The predicted octanol–water partition coefficient (Wildman–Crippen LogP) is -1.68. The molecule has 1 heterocycles. The Bertz CT molecular complexity index is 539. The molecule has 9 N–H and O–H groups in total. The van der Waals surface area contributed by atoms with Crippen LogP contribution in [0, 0.1) is 0 Å². The van der Waals surface area contributed by atoms with Gasteiger partial charge in [0.05, 0.1) is 0 Å². The van der Waals surface area contributed by atoms with Crippen LogP contribution in [0.4, 0.5) is 0 Å². The summed E-state index contributed by atoms with van der Waals surface area (Å²) >= 11 is 0. The Kier molecular flexibility index (Phi) is 10.6. The van der Waals surface area contributed by atoms with Gasteiger partial charge in [0, 0.05) is 25.2 Å². The molecule has 0 saturated carbocycles. The third kappa shape index (κ3) is 8.11. The zero-order valence-electron chi connectivity index (χ0n) is 15.4. The molecule has 0 fully saturated rings. The molecule has 3 amide bonds. The van der Waals surface area contributed by atoms with Crippen LogP contribution in [0.25, 0.3) is 0 Å². The minimum atomic E-state index is -0.476. The van der Waals surface area contributed by atoms with Crippen molar-refractivity contribution in [3.63, 3.8) is 0 Å². The Morgan fingerprint density at radius 1 is 0.704 bits per heavy atom. The topological polar surface area (TPSA) is 178 Å². The number of hydrogen-bond donors (Lipinski definition) is 6. The van der Waals surface area contributed by atoms with Crippen LogP contribution >= 0.6 is 0 Å². The molecule has 10 heteroatoms. The Morgan fingerprint density at radius 3 is 1.44 bits per heavy atom. The highest BCUT2D eigenvalue weighted by Crippen LogP contribution is 2.08. The fraction of sp³-hybridized carbons (Fsp3) is 0.529. The van der Waals surface area contributed by atoms with E-state index in [1.54, 1.807) is 0 Å². The molecule has 1 rings (SSSR count). The average molecular weight is 379 g/mol. The van der Waals surface area contributed by atoms with Crippen LogP contribution in [0.3, 0.4) is 0 Å². The first-order valence-corrected chi connectivity index (χ1v) is 9.00. The van der Waals surface area contributed by atoms with Crippen molar-refractivity contribution < 1.29 is 14.4 Å². The molecule has 27 heavy (non-hydrogen) atoms. The van der Waals surface area contributed by atoms with Crippen molar-refractivity contribution in [1.29, 1.82) is 0 Å². The summed E-state index contributed by atoms with van der Waals surface area (Å²) in [5.41, 5.74) is 16.4. The van der Waals surface area contributed by atoms with E-state index in [9.17, 15) is 14.4 Å². The maximum absolute atomic E-state index is 12.3. The van der Waals surface area contributed by atoms with Gasteiger partial charge in [-0.25, -0.2) is 4.98 Å². The number of carbonyl (C=O) groups excluding carboxylic acids is 3. The van der Waals surface area contributed by atoms with E-state index in [2.05, 4.69) is 20.9 Å². The zero-order chi connectivity index (χ0) is 20.1. The highest BCUT2D eigenvalue weighted by Gasteiger charge is 2.17. The van der Waals surface area contributed by atoms with E-state index < -0.39 is 17.7 Å². The molecule has 0 aliphatic rings. The van der Waals surface area contributed by atoms with Crippen LogP contribution < -0.4 is 33.2 Å². The number of aromatic nitrogens is 1. The van der Waals surface area contributed by atoms with E-state index in [0.717, 1.165) is 0 Å². The zero-order valence-corrected chi connectivity index (χ0v) is 15.4. The van der Waals surface area contributed by atoms with Crippen molar-refractivity contribution in [2.75, 3.05) is 39.3 Å². The molecule has 0 bridgehead atoms. The van der Waals surface area contributed by atoms with Crippen LogP contribution in [-0.4, -0.2) is 62.0 Å². The summed E-state index contributed by atoms with van der Waals surface area (Å²) in [6.07, 6.45) is 1.84. The van der Waals surface area contributed by atoms with Gasteiger partial charge in [0.2, 0.25) is 0 Å². The van der Waals surface area contributed by atoms with Crippen molar-refractivity contribution in [3.05, 3.63) is 29.1 Å². The molecular formula is C17H29N7O3. The molecule has 0 saturated heterocycles. The first kappa shape index (κ1) is 22.5. The summed E-state index contributed by atoms with van der Waals surface area (Å²) in [4.78, 5) is 41.0. The Hall–Kier alpha value is -2.56. The van der Waals surface area contributed by atoms with Gasteiger partial charge in [-0.05, 0) is 51.0 Å². The summed E-state index contributed by atoms with van der Waals surface area (Å²) in [7, 11) is 0. The lowest BCUT2D eigenvalue weighted by molar-refractivity contribution is 0.0944. The Labute approximate surface area is 158 Å². The van der Waals surface area contributed by atoms with Gasteiger partial charge in [0.25, 0.3) is 17.7 Å². The second-order valence-corrected chi connectivity index (χ2v) is 5.82. The molecule has 10 nitrogen and oxygen atoms in total. The number of pyridine rings is 1. The van der Waals surface area contributed by atoms with E-state index >= 15 is 0 Å². The monoisotopic (exact) mass is 379 g/mol. The van der Waals surface area contributed by atoms with Crippen LogP contribution in [0.15, 0.2) is 12.1 Å². The summed E-state index contributed by atoms with van der Waals surface area (Å²) in [5, 5.41) is 8.01. The van der Waals surface area contributed by atoms with Crippen LogP contribution in [-0.2, 0) is 0 Å². The van der Waals surface area contributed by atoms with Gasteiger partial charge in [0.1, 0.15) is 11.4 Å². The molecule has 0 atom stereocenters. The van der Waals surface area contributed by atoms with Crippen LogP contribution in [0.2, 0.25) is 0 Å². The lowest BCUT2D eigenvalue weighted by Gasteiger charge is -2.10. The molecule has 0 radical (unpaired) electrons. The highest BCUT2D eigenvalue weighted by molar-refractivity contribution is 6.02.